The highest BCUT2D eigenvalue weighted by Gasteiger charge is 2.29. The Bertz CT molecular complexity index is 320. The van der Waals surface area contributed by atoms with Crippen LogP contribution in [0.4, 0.5) is 4.79 Å². The van der Waals surface area contributed by atoms with Gasteiger partial charge in [0.25, 0.3) is 0 Å². The molecule has 1 aliphatic rings. The van der Waals surface area contributed by atoms with Crippen molar-refractivity contribution in [2.75, 3.05) is 33.4 Å². The Morgan fingerprint density at radius 2 is 2.05 bits per heavy atom. The number of methoxy groups -OCH3 is 1. The molecule has 0 aliphatic carbocycles. The van der Waals surface area contributed by atoms with Gasteiger partial charge in [0.05, 0.1) is 11.2 Å². The highest BCUT2D eigenvalue weighted by molar-refractivity contribution is 5.74. The molecule has 5 nitrogen and oxygen atoms in total. The number of hydrogen-bond donors (Lipinski definition) is 1. The second kappa shape index (κ2) is 7.27. The lowest BCUT2D eigenvalue weighted by molar-refractivity contribution is -0.00882. The van der Waals surface area contributed by atoms with Crippen molar-refractivity contribution in [1.82, 2.24) is 10.2 Å². The number of nitrogens with zero attached hydrogens (tertiary/aromatic N) is 1. The summed E-state index contributed by atoms with van der Waals surface area (Å²) < 4.78 is 11.1. The Hall–Kier alpha value is -0.810. The number of urea groups is 1. The summed E-state index contributed by atoms with van der Waals surface area (Å²) in [6, 6.07) is -0.00173. The van der Waals surface area contributed by atoms with Crippen LogP contribution in [0.2, 0.25) is 0 Å². The predicted octanol–water partition coefficient (Wildman–Crippen LogP) is 2.40. The smallest absolute Gasteiger partial charge is 0.317 e. The molecule has 1 rings (SSSR count). The van der Waals surface area contributed by atoms with Crippen LogP contribution in [0.15, 0.2) is 0 Å². The van der Waals surface area contributed by atoms with Gasteiger partial charge in [0, 0.05) is 33.4 Å². The van der Waals surface area contributed by atoms with Gasteiger partial charge in [0.1, 0.15) is 0 Å². The van der Waals surface area contributed by atoms with Crippen molar-refractivity contribution in [1.29, 1.82) is 0 Å². The summed E-state index contributed by atoms with van der Waals surface area (Å²) in [4.78, 5) is 14.1. The molecule has 0 spiro atoms. The second-order valence-corrected chi connectivity index (χ2v) is 6.35. The number of carbonyl (C=O) groups excluding carboxylic acids is 1. The third-order valence-corrected chi connectivity index (χ3v) is 4.02. The Morgan fingerprint density at radius 3 is 2.65 bits per heavy atom. The van der Waals surface area contributed by atoms with Gasteiger partial charge >= 0.3 is 6.03 Å². The summed E-state index contributed by atoms with van der Waals surface area (Å²) >= 11 is 0. The van der Waals surface area contributed by atoms with E-state index in [0.717, 1.165) is 32.4 Å². The Labute approximate surface area is 123 Å². The van der Waals surface area contributed by atoms with E-state index >= 15 is 0 Å². The Kier molecular flexibility index (Phi) is 6.27. The molecular formula is C15H30N2O3. The lowest BCUT2D eigenvalue weighted by Gasteiger charge is -2.28. The summed E-state index contributed by atoms with van der Waals surface area (Å²) in [5.74, 6) is 0. The van der Waals surface area contributed by atoms with Gasteiger partial charge in [-0.2, -0.15) is 0 Å². The van der Waals surface area contributed by atoms with E-state index in [0.29, 0.717) is 13.2 Å². The number of nitrogens with one attached hydrogen (secondary N) is 1. The van der Waals surface area contributed by atoms with Gasteiger partial charge in [-0.05, 0) is 47.0 Å². The first kappa shape index (κ1) is 17.2. The van der Waals surface area contributed by atoms with Crippen molar-refractivity contribution in [2.24, 2.45) is 0 Å². The quantitative estimate of drug-likeness (QED) is 0.844. The fourth-order valence-electron chi connectivity index (χ4n) is 2.50. The van der Waals surface area contributed by atoms with Crippen LogP contribution in [0, 0.1) is 0 Å². The number of rotatable bonds is 5. The fourth-order valence-corrected chi connectivity index (χ4v) is 2.50. The van der Waals surface area contributed by atoms with Crippen molar-refractivity contribution in [3.05, 3.63) is 0 Å². The van der Waals surface area contributed by atoms with Crippen LogP contribution in [-0.4, -0.2) is 55.5 Å². The molecule has 5 heteroatoms. The fraction of sp³-hybridized carbons (Fsp3) is 0.933. The minimum atomic E-state index is -0.322. The molecule has 1 N–H and O–H groups in total. The topological polar surface area (TPSA) is 50.8 Å². The number of ether oxygens (including phenoxy) is 2. The molecule has 1 fully saturated rings. The zero-order chi connectivity index (χ0) is 15.2. The average molecular weight is 286 g/mol. The molecule has 0 saturated carbocycles. The van der Waals surface area contributed by atoms with E-state index in [-0.39, 0.29) is 17.2 Å². The molecule has 2 amide bonds. The van der Waals surface area contributed by atoms with Gasteiger partial charge in [0.2, 0.25) is 0 Å². The zero-order valence-electron chi connectivity index (χ0n) is 13.6. The minimum Gasteiger partial charge on any atom is -0.378 e. The van der Waals surface area contributed by atoms with Gasteiger partial charge < -0.3 is 19.7 Å². The predicted molar refractivity (Wildman–Crippen MR) is 79.9 cm³/mol. The van der Waals surface area contributed by atoms with Crippen molar-refractivity contribution in [2.45, 2.75) is 58.2 Å². The maximum absolute atomic E-state index is 12.2. The number of carbonyl (C=O) groups is 1. The lowest BCUT2D eigenvalue weighted by atomic mass is 9.97. The molecule has 118 valence electrons. The summed E-state index contributed by atoms with van der Waals surface area (Å²) in [5.41, 5.74) is -0.420. The highest BCUT2D eigenvalue weighted by atomic mass is 16.5. The summed E-state index contributed by atoms with van der Waals surface area (Å²) in [6.45, 7) is 10.8. The highest BCUT2D eigenvalue weighted by Crippen LogP contribution is 2.25. The van der Waals surface area contributed by atoms with E-state index in [1.54, 1.807) is 7.11 Å². The average Bonchev–Trinajstić information content (AvgIpc) is 2.59. The van der Waals surface area contributed by atoms with Crippen LogP contribution in [0.1, 0.15) is 47.0 Å². The summed E-state index contributed by atoms with van der Waals surface area (Å²) in [6.07, 6.45) is 2.86. The first-order valence-electron chi connectivity index (χ1n) is 7.54. The van der Waals surface area contributed by atoms with Crippen LogP contribution < -0.4 is 5.32 Å². The van der Waals surface area contributed by atoms with Gasteiger partial charge in [0.15, 0.2) is 0 Å². The molecule has 0 radical (unpaired) electrons. The maximum atomic E-state index is 12.2. The van der Waals surface area contributed by atoms with Crippen LogP contribution in [0.5, 0.6) is 0 Å². The summed E-state index contributed by atoms with van der Waals surface area (Å²) in [5, 5.41) is 2.97. The normalized spacial score (nSPS) is 24.4. The number of amides is 2. The largest absolute Gasteiger partial charge is 0.378 e. The molecule has 1 heterocycles. The molecule has 0 bridgehead atoms. The van der Waals surface area contributed by atoms with E-state index in [2.05, 4.69) is 12.2 Å². The third kappa shape index (κ3) is 5.29. The molecule has 1 unspecified atom stereocenters. The van der Waals surface area contributed by atoms with Crippen molar-refractivity contribution >= 4 is 6.03 Å². The first-order valence-corrected chi connectivity index (χ1v) is 7.54. The van der Waals surface area contributed by atoms with E-state index < -0.39 is 0 Å². The van der Waals surface area contributed by atoms with Crippen molar-refractivity contribution in [3.8, 4) is 0 Å². The molecule has 1 atom stereocenters. The molecule has 0 aromatic heterocycles. The van der Waals surface area contributed by atoms with Gasteiger partial charge in [-0.1, -0.05) is 0 Å². The SMILES string of the molecule is CCOC(C)(C)CNC(=O)N1CCCC(C)(OC)CC1. The van der Waals surface area contributed by atoms with E-state index in [4.69, 9.17) is 9.47 Å². The molecule has 1 aliphatic heterocycles. The lowest BCUT2D eigenvalue weighted by Crippen LogP contribution is -2.47. The van der Waals surface area contributed by atoms with Crippen molar-refractivity contribution in [3.63, 3.8) is 0 Å². The Morgan fingerprint density at radius 1 is 1.35 bits per heavy atom. The van der Waals surface area contributed by atoms with E-state index in [1.807, 2.05) is 25.7 Å². The number of hydrogen-bond acceptors (Lipinski definition) is 3. The van der Waals surface area contributed by atoms with E-state index in [1.165, 1.54) is 0 Å². The van der Waals surface area contributed by atoms with Gasteiger partial charge in [-0.15, -0.1) is 0 Å². The second-order valence-electron chi connectivity index (χ2n) is 6.35. The number of likely N-dealkylation sites (tertiary alicyclic amines) is 1. The van der Waals surface area contributed by atoms with Gasteiger partial charge in [-0.25, -0.2) is 4.79 Å². The van der Waals surface area contributed by atoms with Crippen LogP contribution in [-0.2, 0) is 9.47 Å². The molecule has 1 saturated heterocycles. The Balaban J connectivity index is 2.44. The third-order valence-electron chi connectivity index (χ3n) is 4.02. The van der Waals surface area contributed by atoms with Crippen molar-refractivity contribution < 1.29 is 14.3 Å². The van der Waals surface area contributed by atoms with E-state index in [9.17, 15) is 4.79 Å². The zero-order valence-corrected chi connectivity index (χ0v) is 13.6. The van der Waals surface area contributed by atoms with Crippen LogP contribution in [0.3, 0.4) is 0 Å². The first-order chi connectivity index (χ1) is 9.32. The minimum absolute atomic E-state index is 0.00173. The molecule has 0 aromatic carbocycles. The molecule has 0 aromatic rings. The maximum Gasteiger partial charge on any atom is 0.317 e. The summed E-state index contributed by atoms with van der Waals surface area (Å²) in [7, 11) is 1.75. The molecular weight excluding hydrogens is 256 g/mol. The standard InChI is InChI=1S/C15H30N2O3/c1-6-20-14(2,3)12-16-13(18)17-10-7-8-15(4,19-5)9-11-17/h6-12H2,1-5H3,(H,16,18). The molecule has 20 heavy (non-hydrogen) atoms. The van der Waals surface area contributed by atoms with Crippen LogP contribution in [0.25, 0.3) is 0 Å². The van der Waals surface area contributed by atoms with Crippen LogP contribution >= 0.6 is 0 Å². The van der Waals surface area contributed by atoms with Gasteiger partial charge in [-0.3, -0.25) is 0 Å². The monoisotopic (exact) mass is 286 g/mol.